The quantitative estimate of drug-likeness (QED) is 0.843. The highest BCUT2D eigenvalue weighted by Gasteiger charge is 2.04. The lowest BCUT2D eigenvalue weighted by Gasteiger charge is -2.05. The van der Waals surface area contributed by atoms with E-state index in [9.17, 15) is 5.11 Å². The highest BCUT2D eigenvalue weighted by molar-refractivity contribution is 5.56. The minimum atomic E-state index is 0.247. The van der Waals surface area contributed by atoms with Gasteiger partial charge in [-0.05, 0) is 44.3 Å². The average molecular weight is 229 g/mol. The zero-order valence-electron chi connectivity index (χ0n) is 9.94. The molecule has 0 radical (unpaired) electrons. The zero-order valence-corrected chi connectivity index (χ0v) is 9.94. The number of hydrogen-bond acceptors (Lipinski definition) is 4. The summed E-state index contributed by atoms with van der Waals surface area (Å²) >= 11 is 0. The number of nitrogens with zero attached hydrogens (tertiary/aromatic N) is 2. The first-order valence-electron chi connectivity index (χ1n) is 5.47. The minimum absolute atomic E-state index is 0.247. The predicted molar refractivity (Wildman–Crippen MR) is 66.6 cm³/mol. The fraction of sp³-hybridized carbons (Fsp3) is 0.231. The molecule has 0 aliphatic carbocycles. The van der Waals surface area contributed by atoms with Crippen molar-refractivity contribution in [1.82, 2.24) is 15.3 Å². The summed E-state index contributed by atoms with van der Waals surface area (Å²) in [6.45, 7) is 2.67. The van der Waals surface area contributed by atoms with Crippen molar-refractivity contribution in [2.75, 3.05) is 7.05 Å². The summed E-state index contributed by atoms with van der Waals surface area (Å²) in [5.74, 6) is 0.937. The second kappa shape index (κ2) is 4.93. The van der Waals surface area contributed by atoms with Crippen LogP contribution in [0.5, 0.6) is 5.75 Å². The standard InChI is InChI=1S/C13H15N3O/c1-9-7-11(8-14-2)16-13(15-9)10-3-5-12(17)6-4-10/h3-7,14,17H,8H2,1-2H3. The molecular formula is C13H15N3O. The smallest absolute Gasteiger partial charge is 0.159 e. The van der Waals surface area contributed by atoms with Gasteiger partial charge in [-0.1, -0.05) is 0 Å². The maximum absolute atomic E-state index is 9.25. The number of aromatic hydroxyl groups is 1. The first-order valence-corrected chi connectivity index (χ1v) is 5.47. The first kappa shape index (κ1) is 11.5. The minimum Gasteiger partial charge on any atom is -0.508 e. The van der Waals surface area contributed by atoms with Gasteiger partial charge in [-0.2, -0.15) is 0 Å². The number of nitrogens with one attached hydrogen (secondary N) is 1. The molecule has 0 atom stereocenters. The maximum atomic E-state index is 9.25. The van der Waals surface area contributed by atoms with Crippen molar-refractivity contribution in [2.24, 2.45) is 0 Å². The highest BCUT2D eigenvalue weighted by Crippen LogP contribution is 2.19. The number of phenols is 1. The van der Waals surface area contributed by atoms with Gasteiger partial charge in [0.1, 0.15) is 5.75 Å². The van der Waals surface area contributed by atoms with Crippen LogP contribution in [-0.4, -0.2) is 22.1 Å². The van der Waals surface area contributed by atoms with Crippen molar-refractivity contribution < 1.29 is 5.11 Å². The van der Waals surface area contributed by atoms with Gasteiger partial charge in [-0.3, -0.25) is 0 Å². The normalized spacial score (nSPS) is 10.5. The topological polar surface area (TPSA) is 58.0 Å². The molecule has 0 amide bonds. The molecule has 2 aromatic rings. The molecule has 4 heteroatoms. The molecule has 1 aromatic heterocycles. The molecule has 1 heterocycles. The summed E-state index contributed by atoms with van der Waals surface area (Å²) in [6, 6.07) is 8.86. The monoisotopic (exact) mass is 229 g/mol. The molecule has 17 heavy (non-hydrogen) atoms. The average Bonchev–Trinajstić information content (AvgIpc) is 2.29. The summed E-state index contributed by atoms with van der Waals surface area (Å²) in [6.07, 6.45) is 0. The van der Waals surface area contributed by atoms with E-state index in [0.29, 0.717) is 12.4 Å². The fourth-order valence-corrected chi connectivity index (χ4v) is 1.65. The Balaban J connectivity index is 2.40. The van der Waals surface area contributed by atoms with Crippen LogP contribution in [0.15, 0.2) is 30.3 Å². The van der Waals surface area contributed by atoms with Crippen molar-refractivity contribution in [3.8, 4) is 17.1 Å². The van der Waals surface area contributed by atoms with E-state index in [-0.39, 0.29) is 5.75 Å². The Labute approximate surface area is 100 Å². The van der Waals surface area contributed by atoms with Crippen LogP contribution in [0.25, 0.3) is 11.4 Å². The third kappa shape index (κ3) is 2.79. The number of phenolic OH excluding ortho intramolecular Hbond substituents is 1. The Morgan fingerprint density at radius 2 is 1.88 bits per heavy atom. The predicted octanol–water partition coefficient (Wildman–Crippen LogP) is 1.88. The van der Waals surface area contributed by atoms with Gasteiger partial charge in [0.05, 0.1) is 5.69 Å². The Bertz CT molecular complexity index is 509. The van der Waals surface area contributed by atoms with Crippen LogP contribution in [0.1, 0.15) is 11.4 Å². The summed E-state index contributed by atoms with van der Waals surface area (Å²) in [7, 11) is 1.89. The summed E-state index contributed by atoms with van der Waals surface area (Å²) in [4.78, 5) is 8.86. The highest BCUT2D eigenvalue weighted by atomic mass is 16.3. The van der Waals surface area contributed by atoms with Gasteiger partial charge in [0.15, 0.2) is 5.82 Å². The number of rotatable bonds is 3. The molecule has 1 aromatic carbocycles. The van der Waals surface area contributed by atoms with Crippen LogP contribution in [0, 0.1) is 6.92 Å². The molecule has 0 bridgehead atoms. The fourth-order valence-electron chi connectivity index (χ4n) is 1.65. The number of aromatic nitrogens is 2. The van der Waals surface area contributed by atoms with Crippen molar-refractivity contribution >= 4 is 0 Å². The van der Waals surface area contributed by atoms with Crippen molar-refractivity contribution in [3.63, 3.8) is 0 Å². The lowest BCUT2D eigenvalue weighted by atomic mass is 10.2. The van der Waals surface area contributed by atoms with Gasteiger partial charge in [-0.15, -0.1) is 0 Å². The van der Waals surface area contributed by atoms with Gasteiger partial charge >= 0.3 is 0 Å². The van der Waals surface area contributed by atoms with Crippen LogP contribution < -0.4 is 5.32 Å². The van der Waals surface area contributed by atoms with Crippen LogP contribution in [-0.2, 0) is 6.54 Å². The van der Waals surface area contributed by atoms with Gasteiger partial charge in [-0.25, -0.2) is 9.97 Å². The van der Waals surface area contributed by atoms with E-state index >= 15 is 0 Å². The second-order valence-corrected chi connectivity index (χ2v) is 3.90. The maximum Gasteiger partial charge on any atom is 0.159 e. The third-order valence-electron chi connectivity index (χ3n) is 2.39. The third-order valence-corrected chi connectivity index (χ3v) is 2.39. The van der Waals surface area contributed by atoms with Gasteiger partial charge in [0, 0.05) is 17.8 Å². The lowest BCUT2D eigenvalue weighted by molar-refractivity contribution is 0.475. The molecule has 4 nitrogen and oxygen atoms in total. The number of hydrogen-bond donors (Lipinski definition) is 2. The van der Waals surface area contributed by atoms with E-state index in [2.05, 4.69) is 15.3 Å². The van der Waals surface area contributed by atoms with Crippen LogP contribution in [0.2, 0.25) is 0 Å². The summed E-state index contributed by atoms with van der Waals surface area (Å²) in [5.41, 5.74) is 2.81. The molecule has 0 unspecified atom stereocenters. The molecule has 0 fully saturated rings. The first-order chi connectivity index (χ1) is 8.19. The molecule has 0 aliphatic rings. The Morgan fingerprint density at radius 3 is 2.53 bits per heavy atom. The summed E-state index contributed by atoms with van der Waals surface area (Å²) in [5, 5.41) is 12.3. The molecule has 0 spiro atoms. The van der Waals surface area contributed by atoms with E-state index in [1.54, 1.807) is 12.1 Å². The molecular weight excluding hydrogens is 214 g/mol. The van der Waals surface area contributed by atoms with Crippen LogP contribution >= 0.6 is 0 Å². The molecule has 0 aliphatic heterocycles. The number of aryl methyl sites for hydroxylation is 1. The Kier molecular flexibility index (Phi) is 3.35. The molecule has 2 rings (SSSR count). The van der Waals surface area contributed by atoms with E-state index in [1.807, 2.05) is 32.2 Å². The van der Waals surface area contributed by atoms with Crippen molar-refractivity contribution in [3.05, 3.63) is 41.7 Å². The molecule has 0 saturated heterocycles. The molecule has 88 valence electrons. The van der Waals surface area contributed by atoms with E-state index in [0.717, 1.165) is 17.0 Å². The van der Waals surface area contributed by atoms with E-state index in [4.69, 9.17) is 0 Å². The van der Waals surface area contributed by atoms with Crippen molar-refractivity contribution in [2.45, 2.75) is 13.5 Å². The second-order valence-electron chi connectivity index (χ2n) is 3.90. The number of benzene rings is 1. The van der Waals surface area contributed by atoms with Crippen LogP contribution in [0.4, 0.5) is 0 Å². The van der Waals surface area contributed by atoms with E-state index < -0.39 is 0 Å². The lowest BCUT2D eigenvalue weighted by Crippen LogP contribution is -2.08. The Hall–Kier alpha value is -1.94. The largest absolute Gasteiger partial charge is 0.508 e. The van der Waals surface area contributed by atoms with Crippen LogP contribution in [0.3, 0.4) is 0 Å². The molecule has 2 N–H and O–H groups in total. The van der Waals surface area contributed by atoms with E-state index in [1.165, 1.54) is 0 Å². The SMILES string of the molecule is CNCc1cc(C)nc(-c2ccc(O)cc2)n1. The molecule has 0 saturated carbocycles. The van der Waals surface area contributed by atoms with Gasteiger partial charge in [0.2, 0.25) is 0 Å². The summed E-state index contributed by atoms with van der Waals surface area (Å²) < 4.78 is 0. The van der Waals surface area contributed by atoms with Crippen molar-refractivity contribution in [1.29, 1.82) is 0 Å². The van der Waals surface area contributed by atoms with Gasteiger partial charge < -0.3 is 10.4 Å². The zero-order chi connectivity index (χ0) is 12.3. The van der Waals surface area contributed by atoms with Gasteiger partial charge in [0.25, 0.3) is 0 Å². The Morgan fingerprint density at radius 1 is 1.18 bits per heavy atom.